The molecular formula is C24H21NO4. The third kappa shape index (κ3) is 3.80. The van der Waals surface area contributed by atoms with Gasteiger partial charge in [0.25, 0.3) is 0 Å². The Kier molecular flexibility index (Phi) is 5.20. The summed E-state index contributed by atoms with van der Waals surface area (Å²) in [5.74, 6) is 2.27. The minimum absolute atomic E-state index is 0.527. The molecule has 0 aliphatic heterocycles. The maximum atomic E-state index is 5.85. The van der Waals surface area contributed by atoms with Crippen molar-refractivity contribution in [1.29, 1.82) is 0 Å². The predicted octanol–water partition coefficient (Wildman–Crippen LogP) is 5.69. The first-order valence-corrected chi connectivity index (χ1v) is 9.16. The van der Waals surface area contributed by atoms with Crippen LogP contribution in [0.15, 0.2) is 65.1 Å². The van der Waals surface area contributed by atoms with Crippen LogP contribution >= 0.6 is 0 Å². The molecule has 29 heavy (non-hydrogen) atoms. The zero-order chi connectivity index (χ0) is 20.2. The van der Waals surface area contributed by atoms with E-state index in [0.717, 1.165) is 27.8 Å². The van der Waals surface area contributed by atoms with Gasteiger partial charge in [0.05, 0.1) is 21.3 Å². The second-order valence-electron chi connectivity index (χ2n) is 6.39. The summed E-state index contributed by atoms with van der Waals surface area (Å²) in [5.41, 5.74) is 4.69. The van der Waals surface area contributed by atoms with Crippen molar-refractivity contribution in [2.24, 2.45) is 0 Å². The highest BCUT2D eigenvalue weighted by Crippen LogP contribution is 2.38. The average Bonchev–Trinajstić information content (AvgIpc) is 3.19. The largest absolute Gasteiger partial charge is 0.493 e. The molecule has 0 amide bonds. The summed E-state index contributed by atoms with van der Waals surface area (Å²) in [6, 6.07) is 20.0. The Morgan fingerprint density at radius 3 is 2.14 bits per heavy atom. The molecule has 0 radical (unpaired) electrons. The van der Waals surface area contributed by atoms with E-state index in [0.29, 0.717) is 23.1 Å². The van der Waals surface area contributed by atoms with E-state index in [1.807, 2.05) is 60.7 Å². The third-order valence-electron chi connectivity index (χ3n) is 4.62. The van der Waals surface area contributed by atoms with Gasteiger partial charge in [0.2, 0.25) is 11.6 Å². The van der Waals surface area contributed by atoms with Crippen LogP contribution in [0.25, 0.3) is 34.4 Å². The van der Waals surface area contributed by atoms with Gasteiger partial charge in [-0.05, 0) is 47.0 Å². The van der Waals surface area contributed by atoms with E-state index in [4.69, 9.17) is 18.6 Å². The van der Waals surface area contributed by atoms with E-state index in [1.54, 1.807) is 21.3 Å². The molecule has 0 atom stereocenters. The number of fused-ring (bicyclic) bond motifs is 1. The van der Waals surface area contributed by atoms with Gasteiger partial charge < -0.3 is 18.6 Å². The summed E-state index contributed by atoms with van der Waals surface area (Å²) in [4.78, 5) is 4.59. The number of hydrogen-bond acceptors (Lipinski definition) is 5. The van der Waals surface area contributed by atoms with Gasteiger partial charge in [-0.3, -0.25) is 0 Å². The van der Waals surface area contributed by atoms with Crippen LogP contribution < -0.4 is 14.2 Å². The fourth-order valence-electron chi connectivity index (χ4n) is 3.19. The molecule has 0 fully saturated rings. The standard InChI is InChI=1S/C24H21NO4/c1-26-21-13-16(14-22(27-2)24(21)28-3)9-12-23-25-19-15-18(10-11-20(19)29-23)17-7-5-4-6-8-17/h4-15H,1-3H3/b12-9+. The second-order valence-corrected chi connectivity index (χ2v) is 6.39. The zero-order valence-corrected chi connectivity index (χ0v) is 16.5. The summed E-state index contributed by atoms with van der Waals surface area (Å²) in [6.07, 6.45) is 3.72. The molecule has 0 bridgehead atoms. The molecule has 4 rings (SSSR count). The average molecular weight is 387 g/mol. The Bertz CT molecular complexity index is 1140. The number of ether oxygens (including phenoxy) is 3. The Morgan fingerprint density at radius 1 is 0.759 bits per heavy atom. The van der Waals surface area contributed by atoms with Crippen LogP contribution in [0.4, 0.5) is 0 Å². The van der Waals surface area contributed by atoms with Crippen molar-refractivity contribution in [3.63, 3.8) is 0 Å². The van der Waals surface area contributed by atoms with Crippen molar-refractivity contribution in [3.8, 4) is 28.4 Å². The first kappa shape index (κ1) is 18.6. The van der Waals surface area contributed by atoms with Crippen LogP contribution in [0.1, 0.15) is 11.5 Å². The monoisotopic (exact) mass is 387 g/mol. The Labute approximate surface area is 169 Å². The lowest BCUT2D eigenvalue weighted by atomic mass is 10.1. The first-order valence-electron chi connectivity index (χ1n) is 9.16. The number of aromatic nitrogens is 1. The molecule has 146 valence electrons. The topological polar surface area (TPSA) is 53.7 Å². The van der Waals surface area contributed by atoms with Crippen LogP contribution in [0.5, 0.6) is 17.2 Å². The molecule has 0 saturated carbocycles. The van der Waals surface area contributed by atoms with Crippen LogP contribution in [0.2, 0.25) is 0 Å². The van der Waals surface area contributed by atoms with E-state index in [1.165, 1.54) is 0 Å². The van der Waals surface area contributed by atoms with Crippen molar-refractivity contribution >= 4 is 23.3 Å². The van der Waals surface area contributed by atoms with Gasteiger partial charge in [0, 0.05) is 6.08 Å². The highest BCUT2D eigenvalue weighted by Gasteiger charge is 2.12. The lowest BCUT2D eigenvalue weighted by Gasteiger charge is -2.12. The van der Waals surface area contributed by atoms with E-state index < -0.39 is 0 Å². The molecule has 1 aromatic heterocycles. The van der Waals surface area contributed by atoms with Crippen LogP contribution in [-0.2, 0) is 0 Å². The minimum Gasteiger partial charge on any atom is -0.493 e. The predicted molar refractivity (Wildman–Crippen MR) is 114 cm³/mol. The fraction of sp³-hybridized carbons (Fsp3) is 0.125. The summed E-state index contributed by atoms with van der Waals surface area (Å²) >= 11 is 0. The van der Waals surface area contributed by atoms with Crippen molar-refractivity contribution in [2.75, 3.05) is 21.3 Å². The molecular weight excluding hydrogens is 366 g/mol. The van der Waals surface area contributed by atoms with Gasteiger partial charge in [-0.2, -0.15) is 0 Å². The quantitative estimate of drug-likeness (QED) is 0.425. The Morgan fingerprint density at radius 2 is 1.48 bits per heavy atom. The summed E-state index contributed by atoms with van der Waals surface area (Å²) in [6.45, 7) is 0. The van der Waals surface area contributed by atoms with Crippen molar-refractivity contribution in [3.05, 3.63) is 72.1 Å². The molecule has 3 aromatic carbocycles. The molecule has 0 spiro atoms. The molecule has 0 aliphatic carbocycles. The van der Waals surface area contributed by atoms with Gasteiger partial charge >= 0.3 is 0 Å². The van der Waals surface area contributed by atoms with E-state index in [2.05, 4.69) is 17.1 Å². The van der Waals surface area contributed by atoms with Crippen molar-refractivity contribution < 1.29 is 18.6 Å². The molecule has 4 aromatic rings. The molecule has 0 saturated heterocycles. The highest BCUT2D eigenvalue weighted by molar-refractivity contribution is 5.82. The van der Waals surface area contributed by atoms with Crippen LogP contribution in [0.3, 0.4) is 0 Å². The Balaban J connectivity index is 1.65. The molecule has 5 heteroatoms. The second kappa shape index (κ2) is 8.10. The van der Waals surface area contributed by atoms with Crippen molar-refractivity contribution in [1.82, 2.24) is 4.98 Å². The summed E-state index contributed by atoms with van der Waals surface area (Å²) < 4.78 is 22.0. The maximum Gasteiger partial charge on any atom is 0.220 e. The van der Waals surface area contributed by atoms with Crippen molar-refractivity contribution in [2.45, 2.75) is 0 Å². The number of nitrogens with zero attached hydrogens (tertiary/aromatic N) is 1. The lowest BCUT2D eigenvalue weighted by molar-refractivity contribution is 0.324. The van der Waals surface area contributed by atoms with E-state index >= 15 is 0 Å². The van der Waals surface area contributed by atoms with Gasteiger partial charge in [-0.15, -0.1) is 0 Å². The summed E-state index contributed by atoms with van der Waals surface area (Å²) in [5, 5.41) is 0. The molecule has 1 heterocycles. The smallest absolute Gasteiger partial charge is 0.220 e. The zero-order valence-electron chi connectivity index (χ0n) is 16.5. The molecule has 0 aliphatic rings. The number of hydrogen-bond donors (Lipinski definition) is 0. The SMILES string of the molecule is COc1cc(/C=C/c2nc3cc(-c4ccccc4)ccc3o2)cc(OC)c1OC. The van der Waals surface area contributed by atoms with E-state index in [-0.39, 0.29) is 0 Å². The first-order chi connectivity index (χ1) is 14.2. The minimum atomic E-state index is 0.527. The molecule has 0 unspecified atom stereocenters. The Hall–Kier alpha value is -3.73. The van der Waals surface area contributed by atoms with Gasteiger partial charge in [0.15, 0.2) is 17.1 Å². The normalized spacial score (nSPS) is 11.1. The highest BCUT2D eigenvalue weighted by atomic mass is 16.5. The third-order valence-corrected chi connectivity index (χ3v) is 4.62. The van der Waals surface area contributed by atoms with Gasteiger partial charge in [-0.25, -0.2) is 4.98 Å². The fourth-order valence-corrected chi connectivity index (χ4v) is 3.19. The number of rotatable bonds is 6. The van der Waals surface area contributed by atoms with E-state index in [9.17, 15) is 0 Å². The summed E-state index contributed by atoms with van der Waals surface area (Å²) in [7, 11) is 4.77. The molecule has 5 nitrogen and oxygen atoms in total. The van der Waals surface area contributed by atoms with Crippen LogP contribution in [0, 0.1) is 0 Å². The maximum absolute atomic E-state index is 5.85. The van der Waals surface area contributed by atoms with Gasteiger partial charge in [0.1, 0.15) is 5.52 Å². The number of methoxy groups -OCH3 is 3. The number of benzene rings is 3. The van der Waals surface area contributed by atoms with Crippen LogP contribution in [-0.4, -0.2) is 26.3 Å². The van der Waals surface area contributed by atoms with Gasteiger partial charge in [-0.1, -0.05) is 36.4 Å². The lowest BCUT2D eigenvalue weighted by Crippen LogP contribution is -1.95. The molecule has 0 N–H and O–H groups in total. The number of oxazole rings is 1.